The molecule has 0 aliphatic carbocycles. The van der Waals surface area contributed by atoms with E-state index in [-0.39, 0.29) is 0 Å². The van der Waals surface area contributed by atoms with Crippen molar-refractivity contribution in [3.8, 4) is 0 Å². The Kier molecular flexibility index (Phi) is 4.68. The van der Waals surface area contributed by atoms with Gasteiger partial charge >= 0.3 is 0 Å². The summed E-state index contributed by atoms with van der Waals surface area (Å²) in [5, 5.41) is 0. The van der Waals surface area contributed by atoms with E-state index in [0.29, 0.717) is 24.7 Å². The third kappa shape index (κ3) is 4.27. The predicted molar refractivity (Wildman–Crippen MR) is 65.8 cm³/mol. The number of rotatable bonds is 6. The zero-order valence-electron chi connectivity index (χ0n) is 10.1. The summed E-state index contributed by atoms with van der Waals surface area (Å²) in [6.45, 7) is 0.898. The van der Waals surface area contributed by atoms with Gasteiger partial charge in [-0.3, -0.25) is 9.78 Å². The maximum Gasteiger partial charge on any atom is 0.137 e. The maximum absolute atomic E-state index is 11.7. The van der Waals surface area contributed by atoms with Gasteiger partial charge in [0.25, 0.3) is 0 Å². The summed E-state index contributed by atoms with van der Waals surface area (Å²) in [5.74, 6) is 0.314. The first-order valence-corrected chi connectivity index (χ1v) is 6.37. The van der Waals surface area contributed by atoms with Crippen molar-refractivity contribution in [2.45, 2.75) is 44.6 Å². The fourth-order valence-corrected chi connectivity index (χ4v) is 2.22. The first kappa shape index (κ1) is 12.2. The quantitative estimate of drug-likeness (QED) is 0.758. The molecule has 1 aromatic heterocycles. The van der Waals surface area contributed by atoms with Gasteiger partial charge in [0.15, 0.2) is 0 Å². The molecule has 0 spiro atoms. The van der Waals surface area contributed by atoms with Crippen LogP contribution in [0, 0.1) is 0 Å². The van der Waals surface area contributed by atoms with E-state index in [1.165, 1.54) is 12.8 Å². The fourth-order valence-electron chi connectivity index (χ4n) is 2.22. The normalized spacial score (nSPS) is 19.4. The Morgan fingerprint density at radius 1 is 1.41 bits per heavy atom. The topological polar surface area (TPSA) is 39.2 Å². The molecule has 1 saturated heterocycles. The monoisotopic (exact) mass is 233 g/mol. The highest BCUT2D eigenvalue weighted by Gasteiger charge is 2.15. The van der Waals surface area contributed by atoms with Crippen molar-refractivity contribution in [3.05, 3.63) is 30.1 Å². The molecule has 2 heterocycles. The highest BCUT2D eigenvalue weighted by molar-refractivity contribution is 5.80. The van der Waals surface area contributed by atoms with E-state index in [4.69, 9.17) is 4.74 Å². The molecule has 92 valence electrons. The van der Waals surface area contributed by atoms with Crippen LogP contribution in [0.3, 0.4) is 0 Å². The molecule has 3 nitrogen and oxygen atoms in total. The van der Waals surface area contributed by atoms with Gasteiger partial charge < -0.3 is 4.74 Å². The van der Waals surface area contributed by atoms with Gasteiger partial charge in [0.1, 0.15) is 5.78 Å². The molecule has 0 bridgehead atoms. The summed E-state index contributed by atoms with van der Waals surface area (Å²) in [6, 6.07) is 3.80. The third-order valence-electron chi connectivity index (χ3n) is 3.16. The number of ether oxygens (including phenoxy) is 1. The number of carbonyl (C=O) groups is 1. The fraction of sp³-hybridized carbons (Fsp3) is 0.571. The van der Waals surface area contributed by atoms with E-state index >= 15 is 0 Å². The van der Waals surface area contributed by atoms with Gasteiger partial charge in [0, 0.05) is 31.8 Å². The zero-order valence-corrected chi connectivity index (χ0v) is 10.1. The van der Waals surface area contributed by atoms with E-state index < -0.39 is 0 Å². The second kappa shape index (κ2) is 6.50. The minimum atomic E-state index is 0.314. The number of hydrogen-bond acceptors (Lipinski definition) is 3. The number of hydrogen-bond donors (Lipinski definition) is 0. The Bertz CT molecular complexity index is 344. The van der Waals surface area contributed by atoms with Crippen molar-refractivity contribution in [1.29, 1.82) is 0 Å². The van der Waals surface area contributed by atoms with Gasteiger partial charge in [-0.15, -0.1) is 0 Å². The lowest BCUT2D eigenvalue weighted by Gasteiger charge is -2.08. The Morgan fingerprint density at radius 2 is 2.24 bits per heavy atom. The van der Waals surface area contributed by atoms with Crippen molar-refractivity contribution in [2.24, 2.45) is 0 Å². The summed E-state index contributed by atoms with van der Waals surface area (Å²) in [5.41, 5.74) is 1.06. The molecule has 0 aromatic carbocycles. The van der Waals surface area contributed by atoms with Crippen LogP contribution >= 0.6 is 0 Å². The van der Waals surface area contributed by atoms with Gasteiger partial charge in [0.05, 0.1) is 6.10 Å². The molecular weight excluding hydrogens is 214 g/mol. The summed E-state index contributed by atoms with van der Waals surface area (Å²) in [7, 11) is 0. The van der Waals surface area contributed by atoms with Crippen LogP contribution in [0.4, 0.5) is 0 Å². The lowest BCUT2D eigenvalue weighted by molar-refractivity contribution is -0.118. The van der Waals surface area contributed by atoms with Gasteiger partial charge in [-0.25, -0.2) is 0 Å². The van der Waals surface area contributed by atoms with Crippen LogP contribution in [0.1, 0.15) is 37.7 Å². The first-order valence-electron chi connectivity index (χ1n) is 6.37. The lowest BCUT2D eigenvalue weighted by Crippen LogP contribution is -2.07. The molecule has 1 aliphatic heterocycles. The van der Waals surface area contributed by atoms with Crippen molar-refractivity contribution >= 4 is 5.78 Å². The van der Waals surface area contributed by atoms with Gasteiger partial charge in [-0.1, -0.05) is 0 Å². The SMILES string of the molecule is O=C(CCCC1CCCO1)Cc1ccncc1. The van der Waals surface area contributed by atoms with Crippen LogP contribution in [0.25, 0.3) is 0 Å². The summed E-state index contributed by atoms with van der Waals surface area (Å²) < 4.78 is 5.53. The lowest BCUT2D eigenvalue weighted by atomic mass is 10.0. The molecule has 0 N–H and O–H groups in total. The largest absolute Gasteiger partial charge is 0.378 e. The van der Waals surface area contributed by atoms with E-state index in [2.05, 4.69) is 4.98 Å². The average molecular weight is 233 g/mol. The predicted octanol–water partition coefficient (Wildman–Crippen LogP) is 2.54. The maximum atomic E-state index is 11.7. The number of aromatic nitrogens is 1. The molecule has 0 saturated carbocycles. The molecule has 1 unspecified atom stereocenters. The highest BCUT2D eigenvalue weighted by Crippen LogP contribution is 2.17. The number of ketones is 1. The summed E-state index contributed by atoms with van der Waals surface area (Å²) in [6.07, 6.45) is 9.40. The molecule has 2 rings (SSSR count). The smallest absolute Gasteiger partial charge is 0.137 e. The van der Waals surface area contributed by atoms with Crippen LogP contribution in [0.5, 0.6) is 0 Å². The Labute approximate surface area is 102 Å². The van der Waals surface area contributed by atoms with Crippen LogP contribution in [-0.4, -0.2) is 23.5 Å². The molecule has 1 atom stereocenters. The van der Waals surface area contributed by atoms with Crippen LogP contribution in [-0.2, 0) is 16.0 Å². The average Bonchev–Trinajstić information content (AvgIpc) is 2.83. The van der Waals surface area contributed by atoms with Crippen LogP contribution in [0.2, 0.25) is 0 Å². The van der Waals surface area contributed by atoms with Crippen molar-refractivity contribution in [2.75, 3.05) is 6.61 Å². The van der Waals surface area contributed by atoms with Crippen LogP contribution < -0.4 is 0 Å². The van der Waals surface area contributed by atoms with Crippen molar-refractivity contribution in [3.63, 3.8) is 0 Å². The van der Waals surface area contributed by atoms with Gasteiger partial charge in [0.2, 0.25) is 0 Å². The molecule has 1 aromatic rings. The number of carbonyl (C=O) groups excluding carboxylic acids is 1. The third-order valence-corrected chi connectivity index (χ3v) is 3.16. The molecule has 1 fully saturated rings. The first-order chi connectivity index (χ1) is 8.34. The molecule has 0 radical (unpaired) electrons. The van der Waals surface area contributed by atoms with Gasteiger partial charge in [-0.05, 0) is 43.4 Å². The summed E-state index contributed by atoms with van der Waals surface area (Å²) in [4.78, 5) is 15.7. The van der Waals surface area contributed by atoms with Gasteiger partial charge in [-0.2, -0.15) is 0 Å². The number of pyridine rings is 1. The minimum Gasteiger partial charge on any atom is -0.378 e. The van der Waals surface area contributed by atoms with E-state index in [9.17, 15) is 4.79 Å². The number of Topliss-reactive ketones (excluding diaryl/α,β-unsaturated/α-hetero) is 1. The second-order valence-corrected chi connectivity index (χ2v) is 4.60. The Morgan fingerprint density at radius 3 is 2.94 bits per heavy atom. The molecule has 17 heavy (non-hydrogen) atoms. The van der Waals surface area contributed by atoms with E-state index in [0.717, 1.165) is 25.0 Å². The molecule has 0 amide bonds. The standard InChI is InChI=1S/C14H19NO2/c16-13(11-12-6-8-15-9-7-12)3-1-4-14-5-2-10-17-14/h6-9,14H,1-5,10-11H2. The van der Waals surface area contributed by atoms with E-state index in [1.807, 2.05) is 12.1 Å². The minimum absolute atomic E-state index is 0.314. The Hall–Kier alpha value is -1.22. The van der Waals surface area contributed by atoms with Crippen LogP contribution in [0.15, 0.2) is 24.5 Å². The van der Waals surface area contributed by atoms with Crippen molar-refractivity contribution in [1.82, 2.24) is 4.98 Å². The molecule has 1 aliphatic rings. The highest BCUT2D eigenvalue weighted by atomic mass is 16.5. The second-order valence-electron chi connectivity index (χ2n) is 4.60. The Balaban J connectivity index is 1.64. The van der Waals surface area contributed by atoms with E-state index in [1.54, 1.807) is 12.4 Å². The van der Waals surface area contributed by atoms with Crippen molar-refractivity contribution < 1.29 is 9.53 Å². The molecule has 3 heteroatoms. The summed E-state index contributed by atoms with van der Waals surface area (Å²) >= 11 is 0. The molecular formula is C14H19NO2. The number of nitrogens with zero attached hydrogens (tertiary/aromatic N) is 1. The zero-order chi connectivity index (χ0) is 11.9.